The van der Waals surface area contributed by atoms with Gasteiger partial charge in [-0.2, -0.15) is 0 Å². The van der Waals surface area contributed by atoms with Crippen LogP contribution in [-0.2, 0) is 0 Å². The molecule has 96 valence electrons. The molecular weight excluding hydrogens is 263 g/mol. The van der Waals surface area contributed by atoms with Crippen molar-refractivity contribution in [2.24, 2.45) is 5.92 Å². The molecule has 19 heavy (non-hydrogen) atoms. The summed E-state index contributed by atoms with van der Waals surface area (Å²) >= 11 is 5.84. The molecule has 2 aromatic carbocycles. The lowest BCUT2D eigenvalue weighted by Gasteiger charge is -2.01. The van der Waals surface area contributed by atoms with Gasteiger partial charge in [0.1, 0.15) is 5.82 Å². The molecule has 0 saturated heterocycles. The van der Waals surface area contributed by atoms with Gasteiger partial charge in [-0.25, -0.2) is 4.39 Å². The molecule has 0 aromatic heterocycles. The fourth-order valence-corrected chi connectivity index (χ4v) is 2.52. The summed E-state index contributed by atoms with van der Waals surface area (Å²) in [5.41, 5.74) is 1.73. The first-order valence-corrected chi connectivity index (χ1v) is 6.58. The summed E-state index contributed by atoms with van der Waals surface area (Å²) in [6.07, 6.45) is 0.859. The molecule has 0 N–H and O–H groups in total. The Morgan fingerprint density at radius 2 is 1.68 bits per heavy atom. The molecule has 2 atom stereocenters. The van der Waals surface area contributed by atoms with Gasteiger partial charge in [-0.05, 0) is 54.3 Å². The van der Waals surface area contributed by atoms with E-state index in [1.165, 1.54) is 12.1 Å². The quantitative estimate of drug-likeness (QED) is 0.755. The van der Waals surface area contributed by atoms with E-state index in [0.29, 0.717) is 10.6 Å². The number of rotatable bonds is 3. The summed E-state index contributed by atoms with van der Waals surface area (Å²) in [4.78, 5) is 12.2. The van der Waals surface area contributed by atoms with E-state index in [1.54, 1.807) is 12.1 Å². The second kappa shape index (κ2) is 4.78. The topological polar surface area (TPSA) is 17.1 Å². The molecule has 0 aliphatic heterocycles. The van der Waals surface area contributed by atoms with Gasteiger partial charge in [0.2, 0.25) is 0 Å². The minimum absolute atomic E-state index is 0.0200. The summed E-state index contributed by atoms with van der Waals surface area (Å²) in [7, 11) is 0. The van der Waals surface area contributed by atoms with Crippen LogP contribution in [0.15, 0.2) is 48.5 Å². The first-order chi connectivity index (χ1) is 9.15. The summed E-state index contributed by atoms with van der Waals surface area (Å²) in [6.45, 7) is 0. The van der Waals surface area contributed by atoms with E-state index >= 15 is 0 Å². The van der Waals surface area contributed by atoms with Crippen molar-refractivity contribution in [1.29, 1.82) is 0 Å². The second-order valence-electron chi connectivity index (χ2n) is 4.87. The predicted molar refractivity (Wildman–Crippen MR) is 73.0 cm³/mol. The van der Waals surface area contributed by atoms with Crippen LogP contribution in [-0.4, -0.2) is 5.78 Å². The van der Waals surface area contributed by atoms with Crippen molar-refractivity contribution >= 4 is 17.4 Å². The molecule has 1 fully saturated rings. The highest BCUT2D eigenvalue weighted by atomic mass is 35.5. The van der Waals surface area contributed by atoms with Gasteiger partial charge in [-0.3, -0.25) is 4.79 Å². The number of carbonyl (C=O) groups excluding carboxylic acids is 1. The fraction of sp³-hybridized carbons (Fsp3) is 0.188. The molecule has 0 radical (unpaired) electrons. The standard InChI is InChI=1S/C16H12ClFO/c17-12-5-1-10(2-6-12)14-9-15(14)16(19)11-3-7-13(18)8-4-11/h1-8,14-15H,9H2/t14-,15+/m0/s1. The van der Waals surface area contributed by atoms with Gasteiger partial charge in [0, 0.05) is 16.5 Å². The Morgan fingerprint density at radius 3 is 2.32 bits per heavy atom. The lowest BCUT2D eigenvalue weighted by Crippen LogP contribution is -2.03. The molecule has 1 saturated carbocycles. The van der Waals surface area contributed by atoms with Gasteiger partial charge in [0.15, 0.2) is 5.78 Å². The average molecular weight is 275 g/mol. The van der Waals surface area contributed by atoms with Gasteiger partial charge >= 0.3 is 0 Å². The van der Waals surface area contributed by atoms with Crippen LogP contribution in [0.4, 0.5) is 4.39 Å². The Kier molecular flexibility index (Phi) is 3.11. The third-order valence-electron chi connectivity index (χ3n) is 3.55. The molecule has 0 spiro atoms. The number of benzene rings is 2. The third kappa shape index (κ3) is 2.54. The van der Waals surface area contributed by atoms with Crippen molar-refractivity contribution in [3.8, 4) is 0 Å². The van der Waals surface area contributed by atoms with Gasteiger partial charge < -0.3 is 0 Å². The monoisotopic (exact) mass is 274 g/mol. The zero-order chi connectivity index (χ0) is 13.4. The molecule has 1 aliphatic carbocycles. The van der Waals surface area contributed by atoms with Crippen LogP contribution in [0.2, 0.25) is 5.02 Å². The van der Waals surface area contributed by atoms with E-state index in [9.17, 15) is 9.18 Å². The minimum Gasteiger partial charge on any atom is -0.294 e. The third-order valence-corrected chi connectivity index (χ3v) is 3.81. The normalized spacial score (nSPS) is 21.2. The Hall–Kier alpha value is -1.67. The average Bonchev–Trinajstić information content (AvgIpc) is 3.20. The van der Waals surface area contributed by atoms with Crippen molar-refractivity contribution in [1.82, 2.24) is 0 Å². The van der Waals surface area contributed by atoms with Crippen LogP contribution in [0.1, 0.15) is 28.3 Å². The number of Topliss-reactive ketones (excluding diaryl/α,β-unsaturated/α-hetero) is 1. The summed E-state index contributed by atoms with van der Waals surface area (Å²) in [5.74, 6) is 0.0722. The maximum Gasteiger partial charge on any atom is 0.166 e. The van der Waals surface area contributed by atoms with Gasteiger partial charge in [0.25, 0.3) is 0 Å². The van der Waals surface area contributed by atoms with E-state index in [0.717, 1.165) is 12.0 Å². The molecule has 0 bridgehead atoms. The minimum atomic E-state index is -0.318. The van der Waals surface area contributed by atoms with Crippen molar-refractivity contribution < 1.29 is 9.18 Å². The SMILES string of the molecule is O=C(c1ccc(F)cc1)[C@@H]1C[C@H]1c1ccc(Cl)cc1. The van der Waals surface area contributed by atoms with Crippen LogP contribution < -0.4 is 0 Å². The van der Waals surface area contributed by atoms with Crippen LogP contribution in [0, 0.1) is 11.7 Å². The zero-order valence-electron chi connectivity index (χ0n) is 10.1. The number of halogens is 2. The van der Waals surface area contributed by atoms with Crippen LogP contribution in [0.25, 0.3) is 0 Å². The highest BCUT2D eigenvalue weighted by Crippen LogP contribution is 2.49. The fourth-order valence-electron chi connectivity index (χ4n) is 2.39. The van der Waals surface area contributed by atoms with Gasteiger partial charge in [-0.15, -0.1) is 0 Å². The highest BCUT2D eigenvalue weighted by molar-refractivity contribution is 6.30. The van der Waals surface area contributed by atoms with E-state index in [2.05, 4.69) is 0 Å². The van der Waals surface area contributed by atoms with E-state index in [4.69, 9.17) is 11.6 Å². The van der Waals surface area contributed by atoms with Crippen molar-refractivity contribution in [3.63, 3.8) is 0 Å². The molecule has 0 unspecified atom stereocenters. The number of hydrogen-bond acceptors (Lipinski definition) is 1. The lowest BCUT2D eigenvalue weighted by atomic mass is 10.0. The highest BCUT2D eigenvalue weighted by Gasteiger charge is 2.43. The molecule has 3 heteroatoms. The largest absolute Gasteiger partial charge is 0.294 e. The number of ketones is 1. The zero-order valence-corrected chi connectivity index (χ0v) is 10.9. The summed E-state index contributed by atoms with van der Waals surface area (Å²) < 4.78 is 12.8. The molecular formula is C16H12ClFO. The summed E-state index contributed by atoms with van der Waals surface area (Å²) in [5, 5.41) is 0.700. The molecule has 3 rings (SSSR count). The van der Waals surface area contributed by atoms with E-state index in [1.807, 2.05) is 24.3 Å². The number of hydrogen-bond donors (Lipinski definition) is 0. The Bertz CT molecular complexity index is 604. The second-order valence-corrected chi connectivity index (χ2v) is 5.31. The van der Waals surface area contributed by atoms with Gasteiger partial charge in [-0.1, -0.05) is 23.7 Å². The van der Waals surface area contributed by atoms with Gasteiger partial charge in [0.05, 0.1) is 0 Å². The molecule has 0 amide bonds. The smallest absolute Gasteiger partial charge is 0.166 e. The lowest BCUT2D eigenvalue weighted by molar-refractivity contribution is 0.0965. The predicted octanol–water partition coefficient (Wildman–Crippen LogP) is 4.47. The maximum absolute atomic E-state index is 12.8. The molecule has 2 aromatic rings. The van der Waals surface area contributed by atoms with Crippen molar-refractivity contribution in [3.05, 3.63) is 70.5 Å². The Labute approximate surface area is 116 Å². The van der Waals surface area contributed by atoms with E-state index < -0.39 is 0 Å². The van der Waals surface area contributed by atoms with Crippen LogP contribution >= 0.6 is 11.6 Å². The van der Waals surface area contributed by atoms with E-state index in [-0.39, 0.29) is 23.4 Å². The van der Waals surface area contributed by atoms with Crippen molar-refractivity contribution in [2.75, 3.05) is 0 Å². The first kappa shape index (κ1) is 12.4. The molecule has 1 aliphatic rings. The van der Waals surface area contributed by atoms with Crippen molar-refractivity contribution in [2.45, 2.75) is 12.3 Å². The van der Waals surface area contributed by atoms with Crippen LogP contribution in [0.5, 0.6) is 0 Å². The maximum atomic E-state index is 12.8. The Balaban J connectivity index is 1.74. The summed E-state index contributed by atoms with van der Waals surface area (Å²) in [6, 6.07) is 13.4. The molecule has 1 nitrogen and oxygen atoms in total. The number of carbonyl (C=O) groups is 1. The Morgan fingerprint density at radius 1 is 1.05 bits per heavy atom. The van der Waals surface area contributed by atoms with Crippen LogP contribution in [0.3, 0.4) is 0 Å². The molecule has 0 heterocycles. The first-order valence-electron chi connectivity index (χ1n) is 6.20.